The number of nitrogens with zero attached hydrogens (tertiary/aromatic N) is 3. The molecule has 1 aromatic heterocycles. The Hall–Kier alpha value is -1.53. The average molecular weight is 298 g/mol. The van der Waals surface area contributed by atoms with Gasteiger partial charge in [0.25, 0.3) is 0 Å². The van der Waals surface area contributed by atoms with E-state index >= 15 is 0 Å². The van der Waals surface area contributed by atoms with E-state index in [9.17, 15) is 9.18 Å². The van der Waals surface area contributed by atoms with Crippen molar-refractivity contribution in [2.75, 3.05) is 0 Å². The zero-order valence-corrected chi connectivity index (χ0v) is 12.6. The quantitative estimate of drug-likeness (QED) is 0.646. The second kappa shape index (κ2) is 4.86. The molecule has 0 unspecified atom stereocenters. The molecule has 19 heavy (non-hydrogen) atoms. The average Bonchev–Trinajstić information content (AvgIpc) is 2.81. The third-order valence-electron chi connectivity index (χ3n) is 2.74. The summed E-state index contributed by atoms with van der Waals surface area (Å²) >= 11 is 5.66. The van der Waals surface area contributed by atoms with Crippen LogP contribution < -0.4 is 5.32 Å². The van der Waals surface area contributed by atoms with Gasteiger partial charge in [0.05, 0.1) is 21.6 Å². The first-order valence-electron chi connectivity index (χ1n) is 5.71. The smallest absolute Gasteiger partial charge is 0.155 e. The maximum atomic E-state index is 13.8. The molecule has 0 fully saturated rings. The Morgan fingerprint density at radius 3 is 2.58 bits per heavy atom. The third kappa shape index (κ3) is 2.59. The van der Waals surface area contributed by atoms with Gasteiger partial charge in [-0.3, -0.25) is 4.79 Å². The Morgan fingerprint density at radius 1 is 1.37 bits per heavy atom. The summed E-state index contributed by atoms with van der Waals surface area (Å²) < 4.78 is 15.2. The van der Waals surface area contributed by atoms with E-state index < -0.39 is 13.9 Å². The summed E-state index contributed by atoms with van der Waals surface area (Å²) in [4.78, 5) is 11.0. The molecule has 0 bridgehead atoms. The van der Waals surface area contributed by atoms with Crippen LogP contribution in [0.15, 0.2) is 18.3 Å². The van der Waals surface area contributed by atoms with E-state index in [4.69, 9.17) is 11.6 Å². The van der Waals surface area contributed by atoms with E-state index in [0.29, 0.717) is 12.0 Å². The van der Waals surface area contributed by atoms with Crippen LogP contribution in [-0.4, -0.2) is 29.4 Å². The van der Waals surface area contributed by atoms with Crippen LogP contribution in [0.1, 0.15) is 10.4 Å². The molecular formula is C12H13ClFN3OSi. The molecule has 0 spiro atoms. The molecule has 0 N–H and O–H groups in total. The lowest BCUT2D eigenvalue weighted by atomic mass is 10.2. The highest BCUT2D eigenvalue weighted by Gasteiger charge is 2.22. The highest BCUT2D eigenvalue weighted by molar-refractivity contribution is 6.88. The Labute approximate surface area is 116 Å². The van der Waals surface area contributed by atoms with E-state index in [1.165, 1.54) is 10.7 Å². The van der Waals surface area contributed by atoms with Crippen LogP contribution in [0.5, 0.6) is 0 Å². The highest BCUT2D eigenvalue weighted by atomic mass is 35.5. The number of aromatic nitrogens is 3. The van der Waals surface area contributed by atoms with Gasteiger partial charge in [-0.15, -0.1) is 5.10 Å². The fraction of sp³-hybridized carbons (Fsp3) is 0.250. The number of halogens is 2. The lowest BCUT2D eigenvalue weighted by Gasteiger charge is -2.10. The van der Waals surface area contributed by atoms with Crippen molar-refractivity contribution in [1.82, 2.24) is 15.0 Å². The first-order chi connectivity index (χ1) is 8.84. The van der Waals surface area contributed by atoms with Crippen molar-refractivity contribution < 1.29 is 9.18 Å². The van der Waals surface area contributed by atoms with Gasteiger partial charge in [0.1, 0.15) is 8.07 Å². The Morgan fingerprint density at radius 2 is 2.05 bits per heavy atom. The maximum absolute atomic E-state index is 13.8. The fourth-order valence-corrected chi connectivity index (χ4v) is 2.61. The number of hydrogen-bond acceptors (Lipinski definition) is 3. The summed E-state index contributed by atoms with van der Waals surface area (Å²) in [5.74, 6) is -0.737. The minimum Gasteiger partial charge on any atom is -0.298 e. The SMILES string of the molecule is C[Si](C)(C)c1cn(-c2ccc(Cl)c(F)c2C=O)nn1. The van der Waals surface area contributed by atoms with E-state index in [-0.39, 0.29) is 10.6 Å². The van der Waals surface area contributed by atoms with Crippen LogP contribution >= 0.6 is 11.6 Å². The van der Waals surface area contributed by atoms with Crippen LogP contribution in [-0.2, 0) is 0 Å². The fourth-order valence-electron chi connectivity index (χ4n) is 1.59. The molecule has 2 rings (SSSR count). The third-order valence-corrected chi connectivity index (χ3v) is 4.79. The molecular weight excluding hydrogens is 285 g/mol. The molecule has 0 radical (unpaired) electrons. The Balaban J connectivity index is 2.57. The first-order valence-corrected chi connectivity index (χ1v) is 9.59. The van der Waals surface area contributed by atoms with Crippen molar-refractivity contribution in [2.45, 2.75) is 19.6 Å². The van der Waals surface area contributed by atoms with Crippen molar-refractivity contribution in [3.63, 3.8) is 0 Å². The first kappa shape index (κ1) is 13.9. The van der Waals surface area contributed by atoms with Crippen LogP contribution in [0, 0.1) is 5.82 Å². The molecule has 0 aliphatic rings. The molecule has 1 heterocycles. The molecule has 0 aliphatic heterocycles. The largest absolute Gasteiger partial charge is 0.298 e. The van der Waals surface area contributed by atoms with Crippen molar-refractivity contribution in [2.24, 2.45) is 0 Å². The molecule has 7 heteroatoms. The van der Waals surface area contributed by atoms with Crippen LogP contribution in [0.25, 0.3) is 5.69 Å². The van der Waals surface area contributed by atoms with Gasteiger partial charge in [-0.1, -0.05) is 36.5 Å². The summed E-state index contributed by atoms with van der Waals surface area (Å²) in [6.45, 7) is 6.39. The molecule has 0 aliphatic carbocycles. The van der Waals surface area contributed by atoms with Crippen LogP contribution in [0.3, 0.4) is 0 Å². The molecule has 2 aromatic rings. The van der Waals surface area contributed by atoms with Crippen molar-refractivity contribution in [3.05, 3.63) is 34.7 Å². The normalized spacial score (nSPS) is 11.6. The molecule has 4 nitrogen and oxygen atoms in total. The monoisotopic (exact) mass is 297 g/mol. The summed E-state index contributed by atoms with van der Waals surface area (Å²) in [5.41, 5.74) is 0.230. The van der Waals surface area contributed by atoms with Gasteiger partial charge >= 0.3 is 0 Å². The van der Waals surface area contributed by atoms with E-state index in [1.54, 1.807) is 12.3 Å². The van der Waals surface area contributed by atoms with Crippen molar-refractivity contribution in [1.29, 1.82) is 0 Å². The second-order valence-corrected chi connectivity index (χ2v) is 10.6. The van der Waals surface area contributed by atoms with Gasteiger partial charge in [0.15, 0.2) is 12.1 Å². The van der Waals surface area contributed by atoms with Gasteiger partial charge in [0, 0.05) is 6.20 Å². The van der Waals surface area contributed by atoms with E-state index in [0.717, 1.165) is 5.32 Å². The molecule has 0 atom stereocenters. The number of carbonyl (C=O) groups excluding carboxylic acids is 1. The molecule has 100 valence electrons. The number of rotatable bonds is 3. The Kier molecular flexibility index (Phi) is 3.55. The lowest BCUT2D eigenvalue weighted by molar-refractivity contribution is 0.111. The lowest BCUT2D eigenvalue weighted by Crippen LogP contribution is -2.38. The summed E-state index contributed by atoms with van der Waals surface area (Å²) in [7, 11) is -1.60. The number of aldehydes is 1. The number of carbonyl (C=O) groups is 1. The van der Waals surface area contributed by atoms with Gasteiger partial charge in [0.2, 0.25) is 0 Å². The number of hydrogen-bond donors (Lipinski definition) is 0. The standard InChI is InChI=1S/C12H13ClFN3OSi/c1-19(2,3)11-6-17(16-15-11)10-5-4-9(13)12(14)8(10)7-18/h4-7H,1-3H3. The van der Waals surface area contributed by atoms with Crippen LogP contribution in [0.2, 0.25) is 24.7 Å². The molecule has 0 saturated heterocycles. The second-order valence-electron chi connectivity index (χ2n) is 5.21. The predicted octanol–water partition coefficient (Wildman–Crippen LogP) is 2.42. The highest BCUT2D eigenvalue weighted by Crippen LogP contribution is 2.22. The zero-order chi connectivity index (χ0) is 14.2. The number of benzene rings is 1. The van der Waals surface area contributed by atoms with Gasteiger partial charge in [-0.25, -0.2) is 9.07 Å². The summed E-state index contributed by atoms with van der Waals surface area (Å²) in [6.07, 6.45) is 2.17. The summed E-state index contributed by atoms with van der Waals surface area (Å²) in [6, 6.07) is 2.95. The minimum absolute atomic E-state index is 0.0867. The van der Waals surface area contributed by atoms with Crippen molar-refractivity contribution in [3.8, 4) is 5.69 Å². The predicted molar refractivity (Wildman–Crippen MR) is 74.7 cm³/mol. The van der Waals surface area contributed by atoms with E-state index in [1.807, 2.05) is 0 Å². The topological polar surface area (TPSA) is 47.8 Å². The summed E-state index contributed by atoms with van der Waals surface area (Å²) in [5, 5.41) is 8.86. The Bertz CT molecular complexity index is 636. The molecule has 0 amide bonds. The van der Waals surface area contributed by atoms with Crippen molar-refractivity contribution >= 4 is 31.3 Å². The molecule has 0 saturated carbocycles. The van der Waals surface area contributed by atoms with Gasteiger partial charge in [-0.2, -0.15) is 0 Å². The van der Waals surface area contributed by atoms with Gasteiger partial charge < -0.3 is 0 Å². The van der Waals surface area contributed by atoms with E-state index in [2.05, 4.69) is 30.0 Å². The molecule has 1 aromatic carbocycles. The van der Waals surface area contributed by atoms with Crippen LogP contribution in [0.4, 0.5) is 4.39 Å². The zero-order valence-electron chi connectivity index (χ0n) is 10.8. The van der Waals surface area contributed by atoms with Gasteiger partial charge in [-0.05, 0) is 12.1 Å². The maximum Gasteiger partial charge on any atom is 0.155 e. The minimum atomic E-state index is -1.60.